The highest BCUT2D eigenvalue weighted by Gasteiger charge is 2.25. The molecule has 6 nitrogen and oxygen atoms in total. The van der Waals surface area contributed by atoms with Crippen LogP contribution >= 0.6 is 0 Å². The summed E-state index contributed by atoms with van der Waals surface area (Å²) in [5, 5.41) is 25.1. The van der Waals surface area contributed by atoms with Gasteiger partial charge in [-0.05, 0) is 153 Å². The molecule has 6 aromatic heterocycles. The minimum absolute atomic E-state index is 1.17. The fraction of sp³-hybridized carbons (Fsp3) is 0. The molecular formula is C124H80N6. The summed E-state index contributed by atoms with van der Waals surface area (Å²) in [5.74, 6) is 0. The van der Waals surface area contributed by atoms with Gasteiger partial charge < -0.3 is 27.4 Å². The molecule has 0 spiro atoms. The van der Waals surface area contributed by atoms with Crippen LogP contribution in [0, 0.1) is 0 Å². The zero-order valence-electron chi connectivity index (χ0n) is 70.9. The molecule has 0 aliphatic rings. The molecule has 130 heavy (non-hydrogen) atoms. The Morgan fingerprint density at radius 1 is 0.115 bits per heavy atom. The van der Waals surface area contributed by atoms with Crippen molar-refractivity contribution in [2.24, 2.45) is 0 Å². The quantitative estimate of drug-likeness (QED) is 0.138. The summed E-state index contributed by atoms with van der Waals surface area (Å²) in [6.07, 6.45) is 0. The van der Waals surface area contributed by atoms with Crippen LogP contribution in [-0.4, -0.2) is 27.4 Å². The lowest BCUT2D eigenvalue weighted by Gasteiger charge is -2.15. The van der Waals surface area contributed by atoms with Crippen molar-refractivity contribution < 1.29 is 0 Å². The van der Waals surface area contributed by atoms with Crippen molar-refractivity contribution in [3.63, 3.8) is 0 Å². The highest BCUT2D eigenvalue weighted by Crippen LogP contribution is 2.48. The first kappa shape index (κ1) is 74.1. The van der Waals surface area contributed by atoms with E-state index < -0.39 is 0 Å². The number of rotatable bonds is 9. The summed E-state index contributed by atoms with van der Waals surface area (Å²) in [5.41, 5.74) is 29.0. The number of para-hydroxylation sites is 11. The molecule has 0 saturated heterocycles. The van der Waals surface area contributed by atoms with Gasteiger partial charge in [0, 0.05) is 115 Å². The molecule has 6 heteroatoms. The second-order valence-corrected chi connectivity index (χ2v) is 34.1. The van der Waals surface area contributed by atoms with Gasteiger partial charge in [0.1, 0.15) is 0 Å². The lowest BCUT2D eigenvalue weighted by atomic mass is 10.00. The number of benzene rings is 22. The fourth-order valence-electron chi connectivity index (χ4n) is 21.4. The van der Waals surface area contributed by atoms with Gasteiger partial charge in [0.2, 0.25) is 0 Å². The summed E-state index contributed by atoms with van der Waals surface area (Å²) < 4.78 is 14.6. The molecule has 0 saturated carbocycles. The molecule has 0 aliphatic carbocycles. The summed E-state index contributed by atoms with van der Waals surface area (Å²) in [4.78, 5) is 0. The van der Waals surface area contributed by atoms with Gasteiger partial charge in [-0.3, -0.25) is 0 Å². The maximum atomic E-state index is 2.48. The van der Waals surface area contributed by atoms with Gasteiger partial charge in [0.25, 0.3) is 0 Å². The van der Waals surface area contributed by atoms with Gasteiger partial charge >= 0.3 is 0 Å². The van der Waals surface area contributed by atoms with Crippen molar-refractivity contribution in [2.75, 3.05) is 0 Å². The number of fused-ring (bicyclic) bond motifs is 22. The van der Waals surface area contributed by atoms with Gasteiger partial charge in [-0.25, -0.2) is 0 Å². The molecule has 0 radical (unpaired) electrons. The van der Waals surface area contributed by atoms with E-state index in [-0.39, 0.29) is 0 Å². The lowest BCUT2D eigenvalue weighted by molar-refractivity contribution is 1.18. The first-order valence-corrected chi connectivity index (χ1v) is 44.8. The second kappa shape index (κ2) is 30.2. The lowest BCUT2D eigenvalue weighted by Crippen LogP contribution is -1.97. The van der Waals surface area contributed by atoms with Gasteiger partial charge in [-0.2, -0.15) is 0 Å². The SMILES string of the molecule is c1ccc(-n2c3ccccc3c3ccc(-c4cccc5c6ccccc6n(-c6ccc7ccccc7c6)c45)cc32)cc1.c1ccc(-n2c3ccccc3c3cccc(-c4ccc5c6ccccc6n(-c6cccc7ccccc67)c5c4)c32)cc1.c1ccc2c(-n3c4ccccc4c4ccc(-c5cccc6c7ccccc7n(-c7cccc8ccccc78)c56)cc43)cccc2c1. The van der Waals surface area contributed by atoms with E-state index in [0.717, 1.165) is 0 Å². The molecule has 0 bridgehead atoms. The van der Waals surface area contributed by atoms with Crippen molar-refractivity contribution in [3.8, 4) is 67.5 Å². The molecule has 0 unspecified atom stereocenters. The molecular weight excluding hydrogens is 1570 g/mol. The highest BCUT2D eigenvalue weighted by molar-refractivity contribution is 6.21. The molecule has 0 fully saturated rings. The Morgan fingerprint density at radius 3 is 0.769 bits per heavy atom. The highest BCUT2D eigenvalue weighted by atomic mass is 15.0. The number of aromatic nitrogens is 6. The van der Waals surface area contributed by atoms with Crippen molar-refractivity contribution >= 4 is 174 Å². The molecule has 22 aromatic carbocycles. The Labute approximate surface area is 748 Å². The molecule has 6 heterocycles. The molecule has 606 valence electrons. The molecule has 0 amide bonds. The molecule has 28 rings (SSSR count). The monoisotopic (exact) mass is 1650 g/mol. The topological polar surface area (TPSA) is 29.6 Å². The Kier molecular flexibility index (Phi) is 17.2. The molecule has 0 N–H and O–H groups in total. The molecule has 28 aromatic rings. The van der Waals surface area contributed by atoms with E-state index in [1.54, 1.807) is 0 Å². The summed E-state index contributed by atoms with van der Waals surface area (Å²) >= 11 is 0. The van der Waals surface area contributed by atoms with Gasteiger partial charge in [0.15, 0.2) is 0 Å². The van der Waals surface area contributed by atoms with Gasteiger partial charge in [0.05, 0.1) is 83.3 Å². The summed E-state index contributed by atoms with van der Waals surface area (Å²) in [6, 6.07) is 177. The number of nitrogens with zero attached hydrogens (tertiary/aromatic N) is 6. The zero-order chi connectivity index (χ0) is 85.4. The van der Waals surface area contributed by atoms with Crippen LogP contribution in [0.2, 0.25) is 0 Å². The largest absolute Gasteiger partial charge is 0.309 e. The van der Waals surface area contributed by atoms with Crippen molar-refractivity contribution in [2.45, 2.75) is 0 Å². The number of hydrogen-bond acceptors (Lipinski definition) is 0. The molecule has 0 aliphatic heterocycles. The van der Waals surface area contributed by atoms with E-state index >= 15 is 0 Å². The third kappa shape index (κ3) is 11.7. The normalized spacial score (nSPS) is 11.8. The van der Waals surface area contributed by atoms with Crippen molar-refractivity contribution in [3.05, 3.63) is 485 Å². The van der Waals surface area contributed by atoms with E-state index in [9.17, 15) is 0 Å². The van der Waals surface area contributed by atoms with Crippen LogP contribution in [0.3, 0.4) is 0 Å². The average Bonchev–Trinajstić information content (AvgIpc) is 1.59. The predicted octanol–water partition coefficient (Wildman–Crippen LogP) is 33.3. The third-order valence-corrected chi connectivity index (χ3v) is 27.1. The maximum absolute atomic E-state index is 2.48. The van der Waals surface area contributed by atoms with E-state index in [1.807, 2.05) is 0 Å². The van der Waals surface area contributed by atoms with E-state index in [0.29, 0.717) is 0 Å². The first-order valence-electron chi connectivity index (χ1n) is 44.8. The van der Waals surface area contributed by atoms with Crippen molar-refractivity contribution in [1.82, 2.24) is 27.4 Å². The summed E-state index contributed by atoms with van der Waals surface area (Å²) in [7, 11) is 0. The van der Waals surface area contributed by atoms with Crippen LogP contribution in [0.5, 0.6) is 0 Å². The second-order valence-electron chi connectivity index (χ2n) is 34.1. The fourth-order valence-corrected chi connectivity index (χ4v) is 21.4. The number of hydrogen-bond donors (Lipinski definition) is 0. The predicted molar refractivity (Wildman–Crippen MR) is 552 cm³/mol. The van der Waals surface area contributed by atoms with E-state index in [1.165, 1.54) is 241 Å². The smallest absolute Gasteiger partial charge is 0.0619 e. The van der Waals surface area contributed by atoms with Crippen LogP contribution in [0.1, 0.15) is 0 Å². The minimum Gasteiger partial charge on any atom is -0.309 e. The Hall–Kier alpha value is -17.3. The van der Waals surface area contributed by atoms with Crippen LogP contribution in [0.4, 0.5) is 0 Å². The zero-order valence-corrected chi connectivity index (χ0v) is 70.9. The Bertz CT molecular complexity index is 9440. The third-order valence-electron chi connectivity index (χ3n) is 27.1. The minimum atomic E-state index is 1.17. The van der Waals surface area contributed by atoms with E-state index in [2.05, 4.69) is 513 Å². The standard InChI is InChI=1S/C44H28N2.2C40H26N2/c1-3-16-32-29(12-1)14-9-24-39(32)45-41-22-7-5-18-35(41)37-27-26-31(28-43(37)45)34-20-11-21-38-36-19-6-8-23-42(36)46(44(34)38)40-25-10-15-30-13-2-4-17-33(30)40;1-2-14-29(15-3-1)41-37-21-8-7-18-33(37)35-20-11-19-31(40(35)41)28-24-25-34-32-17-6-9-22-38(32)42(39(34)26-28)36-23-10-13-27-12-4-5-16-30(27)36;1-2-13-30(14-3-1)41-37-19-8-6-15-33(37)35-24-22-29(26-39(35)41)32-17-10-18-36-34-16-7-9-20-38(34)42(40(32)36)31-23-21-27-11-4-5-12-28(27)25-31/h1-28H;2*1-26H. The summed E-state index contributed by atoms with van der Waals surface area (Å²) in [6.45, 7) is 0. The van der Waals surface area contributed by atoms with Crippen LogP contribution in [0.15, 0.2) is 485 Å². The Balaban J connectivity index is 0.000000103. The Morgan fingerprint density at radius 2 is 0.369 bits per heavy atom. The maximum Gasteiger partial charge on any atom is 0.0619 e. The van der Waals surface area contributed by atoms with E-state index in [4.69, 9.17) is 0 Å². The van der Waals surface area contributed by atoms with Crippen LogP contribution in [-0.2, 0) is 0 Å². The first-order chi connectivity index (χ1) is 64.6. The van der Waals surface area contributed by atoms with Gasteiger partial charge in [-0.15, -0.1) is 0 Å². The van der Waals surface area contributed by atoms with Gasteiger partial charge in [-0.1, -0.05) is 376 Å². The van der Waals surface area contributed by atoms with Crippen molar-refractivity contribution in [1.29, 1.82) is 0 Å². The molecule has 0 atom stereocenters. The van der Waals surface area contributed by atoms with Crippen LogP contribution < -0.4 is 0 Å². The average molecular weight is 1650 g/mol. The van der Waals surface area contributed by atoms with Crippen LogP contribution in [0.25, 0.3) is 241 Å².